The van der Waals surface area contributed by atoms with Gasteiger partial charge in [0.2, 0.25) is 0 Å². The van der Waals surface area contributed by atoms with Crippen LogP contribution in [0.15, 0.2) is 42.5 Å². The second kappa shape index (κ2) is 5.47. The predicted octanol–water partition coefficient (Wildman–Crippen LogP) is 3.51. The van der Waals surface area contributed by atoms with Crippen LogP contribution in [0.5, 0.6) is 0 Å². The molecular weight excluding hydrogens is 238 g/mol. The Kier molecular flexibility index (Phi) is 3.53. The quantitative estimate of drug-likeness (QED) is 0.759. The molecule has 0 unspecified atom stereocenters. The number of hydrogen-bond donors (Lipinski definition) is 0. The maximum atomic E-state index is 12.3. The first kappa shape index (κ1) is 12.3. The fourth-order valence-corrected chi connectivity index (χ4v) is 3.00. The van der Waals surface area contributed by atoms with Gasteiger partial charge in [-0.15, -0.1) is 0 Å². The van der Waals surface area contributed by atoms with Gasteiger partial charge in [0.05, 0.1) is 6.04 Å². The molecule has 3 heteroatoms. The highest BCUT2D eigenvalue weighted by molar-refractivity contribution is 5.69. The fourth-order valence-electron chi connectivity index (χ4n) is 3.00. The number of hydrogen-bond acceptors (Lipinski definition) is 2. The van der Waals surface area contributed by atoms with Crippen molar-refractivity contribution in [2.24, 2.45) is 0 Å². The zero-order chi connectivity index (χ0) is 13.1. The van der Waals surface area contributed by atoms with E-state index in [4.69, 9.17) is 4.74 Å². The summed E-state index contributed by atoms with van der Waals surface area (Å²) in [5, 5.41) is 0. The molecule has 2 aliphatic rings. The van der Waals surface area contributed by atoms with Gasteiger partial charge in [-0.05, 0) is 31.2 Å². The highest BCUT2D eigenvalue weighted by atomic mass is 16.6. The van der Waals surface area contributed by atoms with Gasteiger partial charge in [-0.2, -0.15) is 0 Å². The molecule has 0 saturated carbocycles. The molecule has 3 rings (SSSR count). The molecule has 100 valence electrons. The minimum Gasteiger partial charge on any atom is -0.445 e. The van der Waals surface area contributed by atoms with Gasteiger partial charge in [0.1, 0.15) is 6.61 Å². The molecule has 19 heavy (non-hydrogen) atoms. The number of carbonyl (C=O) groups excluding carboxylic acids is 1. The Morgan fingerprint density at radius 1 is 1.26 bits per heavy atom. The summed E-state index contributed by atoms with van der Waals surface area (Å²) in [7, 11) is 0. The third-order valence-electron chi connectivity index (χ3n) is 3.97. The van der Waals surface area contributed by atoms with Gasteiger partial charge in [-0.3, -0.25) is 4.90 Å². The van der Waals surface area contributed by atoms with Crippen LogP contribution in [0.25, 0.3) is 0 Å². The maximum Gasteiger partial charge on any atom is 0.410 e. The second-order valence-corrected chi connectivity index (χ2v) is 5.26. The van der Waals surface area contributed by atoms with E-state index in [1.165, 1.54) is 6.42 Å². The first-order valence-corrected chi connectivity index (χ1v) is 7.00. The Bertz CT molecular complexity index is 469. The molecule has 2 bridgehead atoms. The first-order chi connectivity index (χ1) is 9.34. The SMILES string of the molecule is O=C(OCc1ccccc1)N1[C@H]2CC=C[C@@H]1CCC2. The van der Waals surface area contributed by atoms with E-state index >= 15 is 0 Å². The van der Waals surface area contributed by atoms with Crippen LogP contribution in [0.4, 0.5) is 4.79 Å². The van der Waals surface area contributed by atoms with E-state index in [-0.39, 0.29) is 12.1 Å². The van der Waals surface area contributed by atoms with Gasteiger partial charge in [-0.25, -0.2) is 4.79 Å². The molecule has 2 aliphatic heterocycles. The lowest BCUT2D eigenvalue weighted by Crippen LogP contribution is -2.51. The van der Waals surface area contributed by atoms with Crippen molar-refractivity contribution in [3.63, 3.8) is 0 Å². The molecule has 1 amide bonds. The van der Waals surface area contributed by atoms with E-state index in [0.717, 1.165) is 24.8 Å². The lowest BCUT2D eigenvalue weighted by molar-refractivity contribution is 0.0498. The zero-order valence-electron chi connectivity index (χ0n) is 11.0. The van der Waals surface area contributed by atoms with Crippen LogP contribution in [-0.4, -0.2) is 23.1 Å². The smallest absolute Gasteiger partial charge is 0.410 e. The predicted molar refractivity (Wildman–Crippen MR) is 73.7 cm³/mol. The van der Waals surface area contributed by atoms with Gasteiger partial charge >= 0.3 is 6.09 Å². The largest absolute Gasteiger partial charge is 0.445 e. The van der Waals surface area contributed by atoms with Crippen molar-refractivity contribution in [3.05, 3.63) is 48.0 Å². The summed E-state index contributed by atoms with van der Waals surface area (Å²) >= 11 is 0. The van der Waals surface area contributed by atoms with Gasteiger partial charge < -0.3 is 4.74 Å². The summed E-state index contributed by atoms with van der Waals surface area (Å²) in [5.74, 6) is 0. The van der Waals surface area contributed by atoms with Crippen molar-refractivity contribution < 1.29 is 9.53 Å². The van der Waals surface area contributed by atoms with Gasteiger partial charge in [-0.1, -0.05) is 42.5 Å². The Balaban J connectivity index is 1.63. The van der Waals surface area contributed by atoms with Crippen LogP contribution >= 0.6 is 0 Å². The minimum atomic E-state index is -0.164. The van der Waals surface area contributed by atoms with E-state index in [2.05, 4.69) is 12.2 Å². The second-order valence-electron chi connectivity index (χ2n) is 5.26. The fraction of sp³-hybridized carbons (Fsp3) is 0.438. The normalized spacial score (nSPS) is 25.2. The Morgan fingerprint density at radius 3 is 2.89 bits per heavy atom. The molecule has 0 N–H and O–H groups in total. The number of fused-ring (bicyclic) bond motifs is 2. The van der Waals surface area contributed by atoms with Crippen molar-refractivity contribution in [2.45, 2.75) is 44.4 Å². The zero-order valence-corrected chi connectivity index (χ0v) is 11.0. The molecule has 1 aromatic rings. The number of nitrogens with zero attached hydrogens (tertiary/aromatic N) is 1. The van der Waals surface area contributed by atoms with Crippen LogP contribution < -0.4 is 0 Å². The average Bonchev–Trinajstić information content (AvgIpc) is 2.45. The molecule has 0 spiro atoms. The molecule has 0 radical (unpaired) electrons. The van der Waals surface area contributed by atoms with E-state index < -0.39 is 0 Å². The first-order valence-electron chi connectivity index (χ1n) is 7.00. The van der Waals surface area contributed by atoms with Crippen molar-refractivity contribution in [3.8, 4) is 0 Å². The Morgan fingerprint density at radius 2 is 2.11 bits per heavy atom. The summed E-state index contributed by atoms with van der Waals surface area (Å²) in [4.78, 5) is 14.2. The average molecular weight is 257 g/mol. The number of carbonyl (C=O) groups is 1. The molecule has 1 fully saturated rings. The number of benzene rings is 1. The highest BCUT2D eigenvalue weighted by Crippen LogP contribution is 2.30. The summed E-state index contributed by atoms with van der Waals surface area (Å²) in [6.07, 6.45) is 8.53. The third-order valence-corrected chi connectivity index (χ3v) is 3.97. The summed E-state index contributed by atoms with van der Waals surface area (Å²) < 4.78 is 5.46. The number of rotatable bonds is 2. The maximum absolute atomic E-state index is 12.3. The number of piperidine rings is 1. The molecule has 1 aromatic carbocycles. The van der Waals surface area contributed by atoms with Crippen molar-refractivity contribution in [2.75, 3.05) is 0 Å². The Hall–Kier alpha value is -1.77. The number of ether oxygens (including phenoxy) is 1. The van der Waals surface area contributed by atoms with Crippen LogP contribution in [0.2, 0.25) is 0 Å². The lowest BCUT2D eigenvalue weighted by Gasteiger charge is -2.42. The van der Waals surface area contributed by atoms with Gasteiger partial charge in [0.15, 0.2) is 0 Å². The topological polar surface area (TPSA) is 29.5 Å². The van der Waals surface area contributed by atoms with Crippen LogP contribution in [0.1, 0.15) is 31.2 Å². The van der Waals surface area contributed by atoms with E-state index in [1.54, 1.807) is 0 Å². The van der Waals surface area contributed by atoms with Crippen LogP contribution in [-0.2, 0) is 11.3 Å². The van der Waals surface area contributed by atoms with Crippen molar-refractivity contribution in [1.29, 1.82) is 0 Å². The third kappa shape index (κ3) is 2.65. The van der Waals surface area contributed by atoms with E-state index in [9.17, 15) is 4.79 Å². The van der Waals surface area contributed by atoms with Crippen LogP contribution in [0, 0.1) is 0 Å². The van der Waals surface area contributed by atoms with Gasteiger partial charge in [0.25, 0.3) is 0 Å². The summed E-state index contributed by atoms with van der Waals surface area (Å²) in [6, 6.07) is 10.4. The molecule has 0 aromatic heterocycles. The molecule has 0 aliphatic carbocycles. The highest BCUT2D eigenvalue weighted by Gasteiger charge is 2.35. The van der Waals surface area contributed by atoms with Crippen LogP contribution in [0.3, 0.4) is 0 Å². The monoisotopic (exact) mass is 257 g/mol. The summed E-state index contributed by atoms with van der Waals surface area (Å²) in [5.41, 5.74) is 1.04. The molecule has 2 heterocycles. The van der Waals surface area contributed by atoms with E-state index in [0.29, 0.717) is 12.6 Å². The minimum absolute atomic E-state index is 0.164. The van der Waals surface area contributed by atoms with Crippen molar-refractivity contribution >= 4 is 6.09 Å². The molecular formula is C16H19NO2. The molecule has 2 atom stereocenters. The molecule has 1 saturated heterocycles. The van der Waals surface area contributed by atoms with Crippen molar-refractivity contribution in [1.82, 2.24) is 4.90 Å². The standard InChI is InChI=1S/C16H19NO2/c18-16(19-12-13-6-2-1-3-7-13)17-14-8-4-9-15(17)11-5-10-14/h1-4,6-8,14-15H,5,9-12H2/t14-,15+/m1/s1. The van der Waals surface area contributed by atoms with Gasteiger partial charge in [0, 0.05) is 6.04 Å². The summed E-state index contributed by atoms with van der Waals surface area (Å²) in [6.45, 7) is 0.360. The number of amides is 1. The van der Waals surface area contributed by atoms with E-state index in [1.807, 2.05) is 35.2 Å². The molecule has 3 nitrogen and oxygen atoms in total. The lowest BCUT2D eigenvalue weighted by atomic mass is 9.90. The Labute approximate surface area is 113 Å².